The number of carbonyl (C=O) groups is 2. The SMILES string of the molecule is COc1cc(C(Nc2ccc(C(=N)N)cc2)C(=O)NNc2ccccn2)cc(OC)c1O.O=C(O)C(F)(F)F. The highest BCUT2D eigenvalue weighted by molar-refractivity contribution is 5.95. The molecule has 0 saturated carbocycles. The molecule has 1 atom stereocenters. The van der Waals surface area contributed by atoms with E-state index in [1.165, 1.54) is 14.2 Å². The molecule has 0 bridgehead atoms. The van der Waals surface area contributed by atoms with Gasteiger partial charge in [0.05, 0.1) is 14.2 Å². The number of hydrogen-bond donors (Lipinski definition) is 7. The number of phenols is 1. The molecule has 1 unspecified atom stereocenters. The van der Waals surface area contributed by atoms with Gasteiger partial charge < -0.3 is 30.7 Å². The summed E-state index contributed by atoms with van der Waals surface area (Å²) in [7, 11) is 2.81. The van der Waals surface area contributed by atoms with Crippen molar-refractivity contribution in [2.24, 2.45) is 5.73 Å². The van der Waals surface area contributed by atoms with Crippen molar-refractivity contribution in [2.75, 3.05) is 25.0 Å². The quantitative estimate of drug-likeness (QED) is 0.118. The zero-order valence-electron chi connectivity index (χ0n) is 20.5. The van der Waals surface area contributed by atoms with Crippen LogP contribution in [0.3, 0.4) is 0 Å². The Labute approximate surface area is 220 Å². The first kappa shape index (κ1) is 30.0. The number of carbonyl (C=O) groups excluding carboxylic acids is 1. The van der Waals surface area contributed by atoms with Crippen LogP contribution in [0.15, 0.2) is 60.8 Å². The number of phenolic OH excluding ortho intramolecular Hbond substituents is 1. The standard InChI is InChI=1S/C22H24N6O4.C2HF3O2/c1-31-16-11-14(12-17(32-2)20(16)29)19(22(30)28-27-18-5-3-4-10-25-18)26-15-8-6-13(7-9-15)21(23)24;3-2(4,5)1(6)7/h3-12,19,26,29H,1-2H3,(H3,23,24)(H,25,27)(H,28,30);(H,6,7). The molecule has 15 heteroatoms. The van der Waals surface area contributed by atoms with Crippen LogP contribution in [0, 0.1) is 5.41 Å². The summed E-state index contributed by atoms with van der Waals surface area (Å²) in [4.78, 5) is 26.1. The third kappa shape index (κ3) is 8.70. The number of carboxylic acid groups (broad SMARTS) is 1. The van der Waals surface area contributed by atoms with Gasteiger partial charge in [0.1, 0.15) is 17.7 Å². The lowest BCUT2D eigenvalue weighted by Crippen LogP contribution is -2.37. The van der Waals surface area contributed by atoms with E-state index in [-0.39, 0.29) is 23.1 Å². The highest BCUT2D eigenvalue weighted by atomic mass is 19.4. The minimum absolute atomic E-state index is 0.0570. The molecule has 0 radical (unpaired) electrons. The van der Waals surface area contributed by atoms with Gasteiger partial charge in [0, 0.05) is 17.4 Å². The van der Waals surface area contributed by atoms with Crippen LogP contribution in [0.4, 0.5) is 24.7 Å². The van der Waals surface area contributed by atoms with Gasteiger partial charge >= 0.3 is 12.1 Å². The molecule has 0 spiro atoms. The minimum Gasteiger partial charge on any atom is -0.502 e. The Balaban J connectivity index is 0.000000673. The topological polar surface area (TPSA) is 192 Å². The molecule has 1 aromatic heterocycles. The van der Waals surface area contributed by atoms with Gasteiger partial charge in [0.25, 0.3) is 5.91 Å². The maximum Gasteiger partial charge on any atom is 0.490 e. The molecule has 0 aliphatic carbocycles. The zero-order chi connectivity index (χ0) is 29.2. The van der Waals surface area contributed by atoms with Crippen molar-refractivity contribution in [1.29, 1.82) is 5.41 Å². The van der Waals surface area contributed by atoms with Gasteiger partial charge in [-0.25, -0.2) is 9.78 Å². The second-order valence-electron chi connectivity index (χ2n) is 7.47. The van der Waals surface area contributed by atoms with Crippen LogP contribution in [-0.4, -0.2) is 53.3 Å². The monoisotopic (exact) mass is 550 g/mol. The molecule has 1 heterocycles. The summed E-state index contributed by atoms with van der Waals surface area (Å²) in [5.41, 5.74) is 12.5. The Morgan fingerprint density at radius 3 is 2.05 bits per heavy atom. The summed E-state index contributed by atoms with van der Waals surface area (Å²) in [6.45, 7) is 0. The second kappa shape index (κ2) is 13.4. The third-order valence-electron chi connectivity index (χ3n) is 4.83. The summed E-state index contributed by atoms with van der Waals surface area (Å²) >= 11 is 0. The number of halogens is 3. The van der Waals surface area contributed by atoms with Crippen molar-refractivity contribution < 1.29 is 42.4 Å². The van der Waals surface area contributed by atoms with Gasteiger partial charge in [-0.2, -0.15) is 13.2 Å². The van der Waals surface area contributed by atoms with Crippen molar-refractivity contribution in [3.63, 3.8) is 0 Å². The Morgan fingerprint density at radius 1 is 1.05 bits per heavy atom. The van der Waals surface area contributed by atoms with Crippen LogP contribution in [0.2, 0.25) is 0 Å². The lowest BCUT2D eigenvalue weighted by atomic mass is 10.0. The number of nitrogens with two attached hydrogens (primary N) is 1. The normalized spacial score (nSPS) is 11.2. The van der Waals surface area contributed by atoms with E-state index < -0.39 is 24.1 Å². The molecule has 12 nitrogen and oxygen atoms in total. The molecule has 0 saturated heterocycles. The minimum atomic E-state index is -5.08. The number of nitrogens with one attached hydrogen (secondary N) is 4. The van der Waals surface area contributed by atoms with Crippen LogP contribution < -0.4 is 31.4 Å². The first-order chi connectivity index (χ1) is 18.4. The van der Waals surface area contributed by atoms with Crippen LogP contribution in [0.5, 0.6) is 17.2 Å². The number of amides is 1. The second-order valence-corrected chi connectivity index (χ2v) is 7.47. The molecule has 2 aromatic carbocycles. The van der Waals surface area contributed by atoms with Crippen LogP contribution in [-0.2, 0) is 9.59 Å². The molecular weight excluding hydrogens is 525 g/mol. The number of ether oxygens (including phenoxy) is 2. The van der Waals surface area contributed by atoms with Gasteiger partial charge in [-0.05, 0) is 54.1 Å². The number of amidine groups is 1. The largest absolute Gasteiger partial charge is 0.502 e. The number of rotatable bonds is 9. The Kier molecular flexibility index (Phi) is 10.3. The average Bonchev–Trinajstić information content (AvgIpc) is 2.91. The number of pyridine rings is 1. The molecule has 208 valence electrons. The lowest BCUT2D eigenvalue weighted by Gasteiger charge is -2.22. The Morgan fingerprint density at radius 2 is 1.62 bits per heavy atom. The number of hydrazine groups is 1. The number of aliphatic carboxylic acids is 1. The van der Waals surface area contributed by atoms with Crippen molar-refractivity contribution in [2.45, 2.75) is 12.2 Å². The molecule has 39 heavy (non-hydrogen) atoms. The first-order valence-corrected chi connectivity index (χ1v) is 10.8. The number of alkyl halides is 3. The number of benzene rings is 2. The molecular formula is C24H25F3N6O6. The number of carboxylic acids is 1. The van der Waals surface area contributed by atoms with E-state index in [9.17, 15) is 23.1 Å². The fourth-order valence-electron chi connectivity index (χ4n) is 2.93. The van der Waals surface area contributed by atoms with E-state index >= 15 is 0 Å². The van der Waals surface area contributed by atoms with Gasteiger partial charge in [-0.3, -0.25) is 21.1 Å². The predicted molar refractivity (Wildman–Crippen MR) is 135 cm³/mol. The van der Waals surface area contributed by atoms with Gasteiger partial charge in [-0.15, -0.1) is 0 Å². The molecule has 0 aliphatic heterocycles. The van der Waals surface area contributed by atoms with E-state index in [2.05, 4.69) is 21.2 Å². The molecule has 8 N–H and O–H groups in total. The number of nitrogens with zero attached hydrogens (tertiary/aromatic N) is 1. The zero-order valence-corrected chi connectivity index (χ0v) is 20.5. The Bertz CT molecular complexity index is 1260. The maximum absolute atomic E-state index is 13.1. The van der Waals surface area contributed by atoms with E-state index in [1.807, 2.05) is 0 Å². The summed E-state index contributed by atoms with van der Waals surface area (Å²) in [6, 6.07) is 14.2. The van der Waals surface area contributed by atoms with Crippen molar-refractivity contribution in [1.82, 2.24) is 10.4 Å². The van der Waals surface area contributed by atoms with E-state index in [0.29, 0.717) is 22.6 Å². The van der Waals surface area contributed by atoms with E-state index in [0.717, 1.165) is 0 Å². The van der Waals surface area contributed by atoms with Crippen molar-refractivity contribution in [3.8, 4) is 17.2 Å². The summed E-state index contributed by atoms with van der Waals surface area (Å²) < 4.78 is 42.2. The molecule has 3 aromatic rings. The van der Waals surface area contributed by atoms with Crippen molar-refractivity contribution >= 4 is 29.2 Å². The smallest absolute Gasteiger partial charge is 0.490 e. The number of aromatic hydroxyl groups is 1. The fraction of sp³-hybridized carbons (Fsp3) is 0.167. The van der Waals surface area contributed by atoms with Gasteiger partial charge in [-0.1, -0.05) is 6.07 Å². The first-order valence-electron chi connectivity index (χ1n) is 10.8. The summed E-state index contributed by atoms with van der Waals surface area (Å²) in [5, 5.41) is 28.0. The molecule has 0 fully saturated rings. The number of nitrogen functional groups attached to an aromatic ring is 1. The molecule has 3 rings (SSSR count). The van der Waals surface area contributed by atoms with Gasteiger partial charge in [0.15, 0.2) is 11.5 Å². The third-order valence-corrected chi connectivity index (χ3v) is 4.83. The number of anilines is 2. The highest BCUT2D eigenvalue weighted by Crippen LogP contribution is 2.39. The lowest BCUT2D eigenvalue weighted by molar-refractivity contribution is -0.192. The fourth-order valence-corrected chi connectivity index (χ4v) is 2.93. The van der Waals surface area contributed by atoms with Crippen LogP contribution >= 0.6 is 0 Å². The van der Waals surface area contributed by atoms with E-state index in [4.69, 9.17) is 30.5 Å². The number of methoxy groups -OCH3 is 2. The summed E-state index contributed by atoms with van der Waals surface area (Å²) in [6.07, 6.45) is -3.49. The Hall–Kier alpha value is -5.21. The van der Waals surface area contributed by atoms with Crippen LogP contribution in [0.1, 0.15) is 17.2 Å². The van der Waals surface area contributed by atoms with E-state index in [1.54, 1.807) is 60.8 Å². The molecule has 0 aliphatic rings. The summed E-state index contributed by atoms with van der Waals surface area (Å²) in [5.74, 6) is -2.64. The van der Waals surface area contributed by atoms with Crippen LogP contribution in [0.25, 0.3) is 0 Å². The highest BCUT2D eigenvalue weighted by Gasteiger charge is 2.38. The maximum atomic E-state index is 13.1. The molecule has 1 amide bonds. The number of hydrogen-bond acceptors (Lipinski definition) is 9. The van der Waals surface area contributed by atoms with Gasteiger partial charge in [0.2, 0.25) is 5.75 Å². The number of aromatic nitrogens is 1. The van der Waals surface area contributed by atoms with Crippen molar-refractivity contribution in [3.05, 3.63) is 71.9 Å². The average molecular weight is 550 g/mol. The predicted octanol–water partition coefficient (Wildman–Crippen LogP) is 3.02.